The summed E-state index contributed by atoms with van der Waals surface area (Å²) in [6.45, 7) is 0. The summed E-state index contributed by atoms with van der Waals surface area (Å²) in [5, 5.41) is 17.6. The van der Waals surface area contributed by atoms with Crippen LogP contribution in [0.25, 0.3) is 0 Å². The fourth-order valence-electron chi connectivity index (χ4n) is 0.805. The van der Waals surface area contributed by atoms with Gasteiger partial charge in [-0.25, -0.2) is 29.0 Å². The number of carboxylic acids is 1. The Kier molecular flexibility index (Phi) is 3.78. The molecule has 92 valence electrons. The molecule has 2 N–H and O–H groups in total. The monoisotopic (exact) mass is 246 g/mol. The van der Waals surface area contributed by atoms with E-state index >= 15 is 0 Å². The second-order valence-electron chi connectivity index (χ2n) is 2.81. The van der Waals surface area contributed by atoms with E-state index in [1.54, 1.807) is 0 Å². The van der Waals surface area contributed by atoms with Crippen LogP contribution in [0.1, 0.15) is 6.42 Å². The van der Waals surface area contributed by atoms with Crippen molar-refractivity contribution in [3.8, 4) is 0 Å². The van der Waals surface area contributed by atoms with E-state index in [0.29, 0.717) is 0 Å². The van der Waals surface area contributed by atoms with Crippen molar-refractivity contribution in [1.29, 1.82) is 0 Å². The van der Waals surface area contributed by atoms with Crippen LogP contribution in [-0.4, -0.2) is 40.2 Å². The van der Waals surface area contributed by atoms with Crippen molar-refractivity contribution in [2.24, 2.45) is 0 Å². The van der Waals surface area contributed by atoms with Crippen LogP contribution in [0.5, 0.6) is 0 Å². The number of aliphatic hydroxyl groups excluding tert-OH is 1. The Labute approximate surface area is 93.1 Å². The molecule has 1 unspecified atom stereocenters. The van der Waals surface area contributed by atoms with E-state index in [1.807, 2.05) is 0 Å². The molecule has 1 atom stereocenters. The number of hydrogen-bond donors (Lipinski definition) is 2. The smallest absolute Gasteiger partial charge is 0.383 e. The topological polar surface area (TPSA) is 136 Å². The van der Waals surface area contributed by atoms with E-state index in [9.17, 15) is 19.2 Å². The van der Waals surface area contributed by atoms with E-state index in [-0.39, 0.29) is 6.08 Å². The number of aliphatic carboxylic acids is 1. The molecule has 0 fully saturated rings. The third kappa shape index (κ3) is 3.57. The van der Waals surface area contributed by atoms with Crippen molar-refractivity contribution in [1.82, 2.24) is 0 Å². The maximum Gasteiger partial charge on any atom is 0.383 e. The summed E-state index contributed by atoms with van der Waals surface area (Å²) in [6, 6.07) is 0. The molecular weight excluding hydrogens is 240 g/mol. The third-order valence-corrected chi connectivity index (χ3v) is 1.52. The highest BCUT2D eigenvalue weighted by Gasteiger charge is 2.28. The van der Waals surface area contributed by atoms with Gasteiger partial charge in [-0.3, -0.25) is 0 Å². The molecule has 17 heavy (non-hydrogen) atoms. The first kappa shape index (κ1) is 12.6. The van der Waals surface area contributed by atoms with Crippen molar-refractivity contribution >= 4 is 23.9 Å². The van der Waals surface area contributed by atoms with Crippen LogP contribution in [0.15, 0.2) is 11.8 Å². The molecule has 0 spiro atoms. The highest BCUT2D eigenvalue weighted by molar-refractivity contribution is 5.96. The van der Waals surface area contributed by atoms with E-state index in [1.165, 1.54) is 0 Å². The second-order valence-corrected chi connectivity index (χ2v) is 2.81. The highest BCUT2D eigenvalue weighted by Crippen LogP contribution is 2.07. The van der Waals surface area contributed by atoms with Crippen LogP contribution >= 0.6 is 0 Å². The number of hydrogen-bond acceptors (Lipinski definition) is 8. The van der Waals surface area contributed by atoms with E-state index in [0.717, 1.165) is 0 Å². The van der Waals surface area contributed by atoms with E-state index < -0.39 is 42.2 Å². The van der Waals surface area contributed by atoms with Crippen molar-refractivity contribution in [2.45, 2.75) is 12.5 Å². The van der Waals surface area contributed by atoms with Crippen LogP contribution in [0.4, 0.5) is 0 Å². The molecule has 1 aliphatic heterocycles. The summed E-state index contributed by atoms with van der Waals surface area (Å²) in [5.74, 6) is -6.72. The molecule has 0 aromatic rings. The molecule has 0 aliphatic carbocycles. The summed E-state index contributed by atoms with van der Waals surface area (Å²) in [6.07, 6.45) is -2.47. The average Bonchev–Trinajstić information content (AvgIpc) is 2.24. The van der Waals surface area contributed by atoms with Gasteiger partial charge in [0.15, 0.2) is 6.10 Å². The normalized spacial score (nSPS) is 24.9. The fraction of sp³-hybridized carbons (Fsp3) is 0.250. The molecular formula is C8H6O9. The lowest BCUT2D eigenvalue weighted by Crippen LogP contribution is -2.29. The number of aliphatic hydroxyl groups is 1. The quantitative estimate of drug-likeness (QED) is 0.408. The zero-order valence-electron chi connectivity index (χ0n) is 8.11. The lowest BCUT2D eigenvalue weighted by Gasteiger charge is -2.11. The van der Waals surface area contributed by atoms with Crippen LogP contribution in [0, 0.1) is 0 Å². The van der Waals surface area contributed by atoms with Crippen molar-refractivity contribution in [3.63, 3.8) is 0 Å². The maximum atomic E-state index is 11.1. The Morgan fingerprint density at radius 1 is 1.29 bits per heavy atom. The van der Waals surface area contributed by atoms with E-state index in [2.05, 4.69) is 14.5 Å². The summed E-state index contributed by atoms with van der Waals surface area (Å²) >= 11 is 0. The van der Waals surface area contributed by atoms with Crippen molar-refractivity contribution in [2.75, 3.05) is 0 Å². The minimum atomic E-state index is -1.91. The number of esters is 1. The first-order valence-corrected chi connectivity index (χ1v) is 4.16. The predicted octanol–water partition coefficient (Wildman–Crippen LogP) is -1.74. The Hall–Kier alpha value is -2.42. The van der Waals surface area contributed by atoms with Gasteiger partial charge in [-0.1, -0.05) is 0 Å². The predicted molar refractivity (Wildman–Crippen MR) is 44.6 cm³/mol. The van der Waals surface area contributed by atoms with Gasteiger partial charge >= 0.3 is 23.9 Å². The lowest BCUT2D eigenvalue weighted by atomic mass is 10.2. The SMILES string of the molecule is O=C1/C=C(/C(=O)O)OC(=O)C(O)CC(=O)OO1. The van der Waals surface area contributed by atoms with Gasteiger partial charge in [0.05, 0.1) is 12.5 Å². The summed E-state index contributed by atoms with van der Waals surface area (Å²) in [5.41, 5.74) is 0. The number of carbonyl (C=O) groups excluding carboxylic acids is 3. The Morgan fingerprint density at radius 2 is 1.94 bits per heavy atom. The van der Waals surface area contributed by atoms with Gasteiger partial charge in [0, 0.05) is 0 Å². The maximum absolute atomic E-state index is 11.1. The van der Waals surface area contributed by atoms with Gasteiger partial charge in [0.1, 0.15) is 0 Å². The second kappa shape index (κ2) is 5.07. The third-order valence-electron chi connectivity index (χ3n) is 1.52. The molecule has 1 rings (SSSR count). The van der Waals surface area contributed by atoms with Crippen LogP contribution < -0.4 is 0 Å². The molecule has 0 aromatic carbocycles. The molecule has 0 bridgehead atoms. The zero-order chi connectivity index (χ0) is 13.0. The fourth-order valence-corrected chi connectivity index (χ4v) is 0.805. The van der Waals surface area contributed by atoms with Gasteiger partial charge in [0.25, 0.3) is 0 Å². The van der Waals surface area contributed by atoms with Gasteiger partial charge in [-0.2, -0.15) is 0 Å². The number of cyclic esters (lactones) is 1. The minimum Gasteiger partial charge on any atom is -0.475 e. The Morgan fingerprint density at radius 3 is 2.53 bits per heavy atom. The molecule has 0 radical (unpaired) electrons. The molecule has 9 heteroatoms. The van der Waals surface area contributed by atoms with Crippen molar-refractivity contribution < 1.29 is 43.9 Å². The first-order valence-electron chi connectivity index (χ1n) is 4.16. The molecule has 0 saturated carbocycles. The number of ether oxygens (including phenoxy) is 1. The van der Waals surface area contributed by atoms with Crippen LogP contribution in [0.2, 0.25) is 0 Å². The van der Waals surface area contributed by atoms with Crippen LogP contribution in [-0.2, 0) is 33.7 Å². The number of carbonyl (C=O) groups is 4. The average molecular weight is 246 g/mol. The van der Waals surface area contributed by atoms with Crippen LogP contribution in [0.3, 0.4) is 0 Å². The van der Waals surface area contributed by atoms with Gasteiger partial charge in [-0.05, 0) is 0 Å². The molecule has 1 heterocycles. The summed E-state index contributed by atoms with van der Waals surface area (Å²) < 4.78 is 4.18. The molecule has 9 nitrogen and oxygen atoms in total. The number of carboxylic acid groups (broad SMARTS) is 1. The zero-order valence-corrected chi connectivity index (χ0v) is 8.11. The minimum absolute atomic E-state index is 0.283. The molecule has 0 amide bonds. The summed E-state index contributed by atoms with van der Waals surface area (Å²) in [7, 11) is 0. The van der Waals surface area contributed by atoms with Gasteiger partial charge in [0.2, 0.25) is 5.76 Å². The Bertz CT molecular complexity index is 407. The summed E-state index contributed by atoms with van der Waals surface area (Å²) in [4.78, 5) is 51.0. The standard InChI is InChI=1S/C8H6O9/c9-3-1-5(10)16-17-6(11)2-4(7(12)13)15-8(3)14/h2-3,9H,1H2,(H,12,13)/b4-2-. The first-order chi connectivity index (χ1) is 7.90. The largest absolute Gasteiger partial charge is 0.475 e. The van der Waals surface area contributed by atoms with E-state index in [4.69, 9.17) is 10.2 Å². The lowest BCUT2D eigenvalue weighted by molar-refractivity contribution is -0.256. The molecule has 1 aliphatic rings. The molecule has 0 saturated heterocycles. The highest BCUT2D eigenvalue weighted by atomic mass is 17.2. The Balaban J connectivity index is 2.98. The molecule has 0 aromatic heterocycles. The van der Waals surface area contributed by atoms with Crippen molar-refractivity contribution in [3.05, 3.63) is 11.8 Å². The number of rotatable bonds is 1. The van der Waals surface area contributed by atoms with Gasteiger partial charge < -0.3 is 14.9 Å². The van der Waals surface area contributed by atoms with Gasteiger partial charge in [-0.15, -0.1) is 0 Å².